The number of rotatable bonds is 7. The molecule has 0 saturated heterocycles. The molecule has 2 nitrogen and oxygen atoms in total. The second-order valence-corrected chi connectivity index (χ2v) is 17.2. The van der Waals surface area contributed by atoms with Crippen LogP contribution < -0.4 is 4.90 Å². The third-order valence-electron chi connectivity index (χ3n) is 13.4. The van der Waals surface area contributed by atoms with E-state index >= 15 is 0 Å². The summed E-state index contributed by atoms with van der Waals surface area (Å²) in [6.07, 6.45) is 0. The van der Waals surface area contributed by atoms with Crippen molar-refractivity contribution in [3.05, 3.63) is 249 Å². The summed E-state index contributed by atoms with van der Waals surface area (Å²) in [6, 6.07) is 90.3. The van der Waals surface area contributed by atoms with Crippen molar-refractivity contribution < 1.29 is 4.42 Å². The van der Waals surface area contributed by atoms with E-state index in [1.54, 1.807) is 0 Å². The summed E-state index contributed by atoms with van der Waals surface area (Å²) >= 11 is 0. The smallest absolute Gasteiger partial charge is 0.145 e. The van der Waals surface area contributed by atoms with Crippen molar-refractivity contribution in [2.24, 2.45) is 0 Å². The highest BCUT2D eigenvalue weighted by molar-refractivity contribution is 6.26. The number of hydrogen-bond acceptors (Lipinski definition) is 2. The number of para-hydroxylation sites is 2. The first-order valence-electron chi connectivity index (χ1n) is 22.7. The molecule has 0 aliphatic rings. The van der Waals surface area contributed by atoms with Gasteiger partial charge >= 0.3 is 0 Å². The average molecular weight is 840 g/mol. The Morgan fingerprint density at radius 2 is 0.833 bits per heavy atom. The quantitative estimate of drug-likeness (QED) is 0.149. The number of benzene rings is 12. The zero-order valence-electron chi connectivity index (χ0n) is 36.0. The monoisotopic (exact) mass is 839 g/mol. The molecule has 0 fully saturated rings. The maximum absolute atomic E-state index is 6.97. The van der Waals surface area contributed by atoms with Crippen molar-refractivity contribution in [1.82, 2.24) is 0 Å². The lowest BCUT2D eigenvalue weighted by atomic mass is 9.92. The lowest BCUT2D eigenvalue weighted by molar-refractivity contribution is 0.670. The predicted octanol–water partition coefficient (Wildman–Crippen LogP) is 18.3. The molecular weight excluding hydrogens is 799 g/mol. The van der Waals surface area contributed by atoms with Gasteiger partial charge in [-0.2, -0.15) is 0 Å². The van der Waals surface area contributed by atoms with Gasteiger partial charge in [0.2, 0.25) is 0 Å². The molecule has 13 aromatic rings. The average Bonchev–Trinajstić information content (AvgIpc) is 3.79. The first kappa shape index (κ1) is 37.8. The lowest BCUT2D eigenvalue weighted by Crippen LogP contribution is -2.12. The van der Waals surface area contributed by atoms with Crippen LogP contribution in [0.15, 0.2) is 253 Å². The van der Waals surface area contributed by atoms with Crippen molar-refractivity contribution in [3.63, 3.8) is 0 Å². The van der Waals surface area contributed by atoms with E-state index in [1.165, 1.54) is 59.8 Å². The molecule has 0 spiro atoms. The summed E-state index contributed by atoms with van der Waals surface area (Å²) in [7, 11) is 0. The van der Waals surface area contributed by atoms with Crippen LogP contribution in [-0.2, 0) is 0 Å². The molecule has 0 aliphatic carbocycles. The third-order valence-corrected chi connectivity index (χ3v) is 13.4. The molecule has 12 aromatic carbocycles. The molecule has 0 N–H and O–H groups in total. The molecular formula is C64H41NO. The van der Waals surface area contributed by atoms with Crippen molar-refractivity contribution in [1.29, 1.82) is 0 Å². The van der Waals surface area contributed by atoms with E-state index in [1.807, 2.05) is 0 Å². The van der Waals surface area contributed by atoms with Crippen molar-refractivity contribution in [3.8, 4) is 44.5 Å². The molecule has 66 heavy (non-hydrogen) atoms. The highest BCUT2D eigenvalue weighted by Crippen LogP contribution is 2.49. The van der Waals surface area contributed by atoms with E-state index in [9.17, 15) is 0 Å². The van der Waals surface area contributed by atoms with Crippen LogP contribution in [0.5, 0.6) is 0 Å². The van der Waals surface area contributed by atoms with Crippen LogP contribution in [0.1, 0.15) is 0 Å². The molecule has 1 heterocycles. The first-order valence-corrected chi connectivity index (χ1v) is 22.7. The van der Waals surface area contributed by atoms with Crippen molar-refractivity contribution in [2.75, 3.05) is 4.90 Å². The largest absolute Gasteiger partial charge is 0.455 e. The van der Waals surface area contributed by atoms with Crippen LogP contribution in [-0.4, -0.2) is 0 Å². The summed E-state index contributed by atoms with van der Waals surface area (Å²) < 4.78 is 6.97. The zero-order chi connectivity index (χ0) is 43.6. The summed E-state index contributed by atoms with van der Waals surface area (Å²) in [4.78, 5) is 2.45. The molecule has 0 amide bonds. The second-order valence-electron chi connectivity index (χ2n) is 17.2. The van der Waals surface area contributed by atoms with E-state index in [2.05, 4.69) is 254 Å². The number of hydrogen-bond donors (Lipinski definition) is 0. The number of nitrogens with zero attached hydrogens (tertiary/aromatic N) is 1. The fraction of sp³-hybridized carbons (Fsp3) is 0. The van der Waals surface area contributed by atoms with Gasteiger partial charge in [0.05, 0.1) is 16.8 Å². The van der Waals surface area contributed by atoms with Gasteiger partial charge in [0, 0.05) is 22.2 Å². The van der Waals surface area contributed by atoms with Crippen LogP contribution >= 0.6 is 0 Å². The van der Waals surface area contributed by atoms with Gasteiger partial charge in [-0.3, -0.25) is 0 Å². The normalized spacial score (nSPS) is 11.6. The molecule has 13 rings (SSSR count). The van der Waals surface area contributed by atoms with Gasteiger partial charge in [-0.25, -0.2) is 0 Å². The maximum Gasteiger partial charge on any atom is 0.145 e. The van der Waals surface area contributed by atoms with Gasteiger partial charge < -0.3 is 9.32 Å². The van der Waals surface area contributed by atoms with Gasteiger partial charge in [-0.05, 0) is 131 Å². The van der Waals surface area contributed by atoms with Gasteiger partial charge in [-0.15, -0.1) is 0 Å². The highest BCUT2D eigenvalue weighted by Gasteiger charge is 2.25. The molecule has 1 aromatic heterocycles. The first-order chi connectivity index (χ1) is 32.7. The molecule has 0 bridgehead atoms. The minimum absolute atomic E-state index is 0.857. The molecule has 0 saturated carbocycles. The highest BCUT2D eigenvalue weighted by atomic mass is 16.3. The summed E-state index contributed by atoms with van der Waals surface area (Å²) in [5, 5.41) is 12.2. The van der Waals surface area contributed by atoms with Crippen LogP contribution in [0.4, 0.5) is 17.1 Å². The Morgan fingerprint density at radius 3 is 1.64 bits per heavy atom. The molecule has 308 valence electrons. The molecule has 0 atom stereocenters. The van der Waals surface area contributed by atoms with E-state index in [0.717, 1.165) is 66.8 Å². The Balaban J connectivity index is 1.05. The van der Waals surface area contributed by atoms with Crippen LogP contribution in [0.25, 0.3) is 110 Å². The van der Waals surface area contributed by atoms with E-state index < -0.39 is 0 Å². The van der Waals surface area contributed by atoms with E-state index in [0.29, 0.717) is 0 Å². The second kappa shape index (κ2) is 15.5. The van der Waals surface area contributed by atoms with Crippen LogP contribution in [0.2, 0.25) is 0 Å². The molecule has 0 aliphatic heterocycles. The van der Waals surface area contributed by atoms with Gasteiger partial charge in [0.1, 0.15) is 11.2 Å². The third kappa shape index (κ3) is 6.26. The summed E-state index contributed by atoms with van der Waals surface area (Å²) in [5.74, 6) is 0. The van der Waals surface area contributed by atoms with Gasteiger partial charge in [-0.1, -0.05) is 194 Å². The van der Waals surface area contributed by atoms with E-state index in [-0.39, 0.29) is 0 Å². The fourth-order valence-corrected chi connectivity index (χ4v) is 10.3. The molecule has 0 radical (unpaired) electrons. The van der Waals surface area contributed by atoms with Crippen molar-refractivity contribution >= 4 is 82.1 Å². The SMILES string of the molecule is c1ccc(-c2cccc(-c3ccccc3N(c3cccc(-c4ccc5c6ccccc6c6ccccc6c5c4)c3)c3ccc(-c4ccc5ccccc5c4)c4oc5ccccc5c34)c2)cc1. The molecule has 2 heteroatoms. The Kier molecular flexibility index (Phi) is 8.89. The Morgan fingerprint density at radius 1 is 0.273 bits per heavy atom. The summed E-state index contributed by atoms with van der Waals surface area (Å²) in [6.45, 7) is 0. The lowest BCUT2D eigenvalue weighted by Gasteiger charge is -2.29. The minimum atomic E-state index is 0.857. The topological polar surface area (TPSA) is 16.4 Å². The Hall–Kier alpha value is -8.72. The number of anilines is 3. The zero-order valence-corrected chi connectivity index (χ0v) is 36.0. The summed E-state index contributed by atoms with van der Waals surface area (Å²) in [5.41, 5.74) is 14.0. The van der Waals surface area contributed by atoms with Crippen LogP contribution in [0, 0.1) is 0 Å². The molecule has 0 unspecified atom stereocenters. The number of fused-ring (bicyclic) bond motifs is 10. The fourth-order valence-electron chi connectivity index (χ4n) is 10.3. The Bertz CT molecular complexity index is 3980. The van der Waals surface area contributed by atoms with Crippen molar-refractivity contribution in [2.45, 2.75) is 0 Å². The van der Waals surface area contributed by atoms with E-state index in [4.69, 9.17) is 4.42 Å². The predicted molar refractivity (Wildman–Crippen MR) is 280 cm³/mol. The maximum atomic E-state index is 6.97. The van der Waals surface area contributed by atoms with Crippen LogP contribution in [0.3, 0.4) is 0 Å². The minimum Gasteiger partial charge on any atom is -0.455 e. The number of furan rings is 1. The Labute approximate surface area is 382 Å². The van der Waals surface area contributed by atoms with Gasteiger partial charge in [0.15, 0.2) is 0 Å². The van der Waals surface area contributed by atoms with Gasteiger partial charge in [0.25, 0.3) is 0 Å². The standard InChI is InChI=1S/C64H41NO/c1-2-16-42(17-3-1)45-20-14-22-48(38-45)51-24-10-12-30-60(51)65(61-37-36-52(49-33-32-43-18-4-5-19-44(43)39-49)64-63(61)58-29-11-13-31-62(58)66-64)50-23-15-21-46(40-50)47-34-35-57-55-27-7-6-25-53(55)54-26-8-9-28-56(54)59(57)41-47/h1-41H.